The summed E-state index contributed by atoms with van der Waals surface area (Å²) in [6, 6.07) is 6.81. The van der Waals surface area contributed by atoms with E-state index in [4.69, 9.17) is 4.74 Å². The van der Waals surface area contributed by atoms with Crippen LogP contribution < -0.4 is 4.74 Å². The summed E-state index contributed by atoms with van der Waals surface area (Å²) in [5.74, 6) is -1.52. The fourth-order valence-electron chi connectivity index (χ4n) is 2.31. The maximum Gasteiger partial charge on any atom is 0.201 e. The second-order valence-corrected chi connectivity index (χ2v) is 3.99. The first-order valence-corrected chi connectivity index (χ1v) is 5.35. The molecule has 0 aliphatic heterocycles. The van der Waals surface area contributed by atoms with Crippen molar-refractivity contribution in [2.24, 2.45) is 0 Å². The molecule has 0 fully saturated rings. The molecular formula is C14H8F2O2. The topological polar surface area (TPSA) is 26.3 Å². The summed E-state index contributed by atoms with van der Waals surface area (Å²) < 4.78 is 32.6. The standard InChI is InChI=1S/C14H8F2O2/c1-18-10-4-2-3-7-11-8(15)5-6-9(16)13(11)14(17)12(7)10/h2-6H,1H3. The first kappa shape index (κ1) is 10.9. The highest BCUT2D eigenvalue weighted by Crippen LogP contribution is 2.43. The summed E-state index contributed by atoms with van der Waals surface area (Å²) >= 11 is 0. The van der Waals surface area contributed by atoms with E-state index in [9.17, 15) is 13.6 Å². The molecule has 2 aromatic carbocycles. The van der Waals surface area contributed by atoms with E-state index in [0.29, 0.717) is 11.3 Å². The van der Waals surface area contributed by atoms with Crippen LogP contribution >= 0.6 is 0 Å². The average molecular weight is 246 g/mol. The van der Waals surface area contributed by atoms with Gasteiger partial charge in [-0.05, 0) is 18.2 Å². The van der Waals surface area contributed by atoms with Gasteiger partial charge in [0.1, 0.15) is 17.4 Å². The van der Waals surface area contributed by atoms with Crippen molar-refractivity contribution in [3.05, 3.63) is 53.1 Å². The van der Waals surface area contributed by atoms with Crippen molar-refractivity contribution in [1.82, 2.24) is 0 Å². The summed E-state index contributed by atoms with van der Waals surface area (Å²) in [6.45, 7) is 0. The van der Waals surface area contributed by atoms with E-state index in [1.807, 2.05) is 0 Å². The molecule has 0 saturated carbocycles. The van der Waals surface area contributed by atoms with Crippen molar-refractivity contribution in [3.63, 3.8) is 0 Å². The second-order valence-electron chi connectivity index (χ2n) is 3.99. The van der Waals surface area contributed by atoms with E-state index < -0.39 is 17.4 Å². The Morgan fingerprint density at radius 3 is 2.28 bits per heavy atom. The van der Waals surface area contributed by atoms with Gasteiger partial charge in [0.2, 0.25) is 5.78 Å². The van der Waals surface area contributed by atoms with Crippen LogP contribution in [0.1, 0.15) is 15.9 Å². The van der Waals surface area contributed by atoms with Gasteiger partial charge in [0.15, 0.2) is 0 Å². The highest BCUT2D eigenvalue weighted by atomic mass is 19.1. The van der Waals surface area contributed by atoms with Gasteiger partial charge in [0.25, 0.3) is 0 Å². The Hall–Kier alpha value is -2.23. The molecule has 0 spiro atoms. The minimum atomic E-state index is -0.713. The van der Waals surface area contributed by atoms with Crippen molar-refractivity contribution in [2.45, 2.75) is 0 Å². The molecule has 1 aliphatic rings. The lowest BCUT2D eigenvalue weighted by atomic mass is 10.0. The minimum Gasteiger partial charge on any atom is -0.496 e. The number of carbonyl (C=O) groups is 1. The SMILES string of the molecule is COc1cccc2c1C(=O)c1c(F)ccc(F)c1-2. The Kier molecular flexibility index (Phi) is 2.20. The van der Waals surface area contributed by atoms with Crippen LogP contribution in [0, 0.1) is 11.6 Å². The van der Waals surface area contributed by atoms with Crippen LogP contribution in [0.4, 0.5) is 8.78 Å². The van der Waals surface area contributed by atoms with Crippen molar-refractivity contribution in [2.75, 3.05) is 7.11 Å². The predicted molar refractivity (Wildman–Crippen MR) is 61.8 cm³/mol. The number of hydrogen-bond donors (Lipinski definition) is 0. The monoisotopic (exact) mass is 246 g/mol. The minimum absolute atomic E-state index is 0.0221. The Balaban J connectivity index is 2.43. The maximum absolute atomic E-state index is 13.8. The molecule has 0 aromatic heterocycles. The molecule has 18 heavy (non-hydrogen) atoms. The van der Waals surface area contributed by atoms with E-state index in [1.165, 1.54) is 7.11 Å². The molecule has 1 aliphatic carbocycles. The molecule has 0 heterocycles. The summed E-state index contributed by atoms with van der Waals surface area (Å²) in [7, 11) is 1.42. The summed E-state index contributed by atoms with van der Waals surface area (Å²) in [6.07, 6.45) is 0. The van der Waals surface area contributed by atoms with Gasteiger partial charge < -0.3 is 4.74 Å². The maximum atomic E-state index is 13.8. The molecule has 0 amide bonds. The summed E-state index contributed by atoms with van der Waals surface area (Å²) in [5.41, 5.74) is 0.411. The van der Waals surface area contributed by atoms with Crippen LogP contribution in [0.5, 0.6) is 5.75 Å². The van der Waals surface area contributed by atoms with E-state index in [0.717, 1.165) is 12.1 Å². The molecule has 2 aromatic rings. The Morgan fingerprint density at radius 2 is 1.61 bits per heavy atom. The smallest absolute Gasteiger partial charge is 0.201 e. The lowest BCUT2D eigenvalue weighted by molar-refractivity contribution is 0.103. The number of ketones is 1. The summed E-state index contributed by atoms with van der Waals surface area (Å²) in [5, 5.41) is 0. The Labute approximate surface area is 102 Å². The lowest BCUT2D eigenvalue weighted by Crippen LogP contribution is -2.01. The zero-order chi connectivity index (χ0) is 12.9. The van der Waals surface area contributed by atoms with Crippen molar-refractivity contribution >= 4 is 5.78 Å². The zero-order valence-electron chi connectivity index (χ0n) is 9.46. The van der Waals surface area contributed by atoms with Gasteiger partial charge in [-0.25, -0.2) is 8.78 Å². The van der Waals surface area contributed by atoms with Crippen molar-refractivity contribution < 1.29 is 18.3 Å². The predicted octanol–water partition coefficient (Wildman–Crippen LogP) is 3.18. The number of carbonyl (C=O) groups excluding carboxylic acids is 1. The lowest BCUT2D eigenvalue weighted by Gasteiger charge is -2.05. The second kappa shape index (κ2) is 3.63. The normalized spacial score (nSPS) is 12.3. The van der Waals surface area contributed by atoms with Crippen molar-refractivity contribution in [3.8, 4) is 16.9 Å². The van der Waals surface area contributed by atoms with Crippen LogP contribution in [0.3, 0.4) is 0 Å². The number of benzene rings is 2. The number of fused-ring (bicyclic) bond motifs is 3. The van der Waals surface area contributed by atoms with E-state index >= 15 is 0 Å². The highest BCUT2D eigenvalue weighted by molar-refractivity contribution is 6.23. The van der Waals surface area contributed by atoms with Gasteiger partial charge >= 0.3 is 0 Å². The molecular weight excluding hydrogens is 238 g/mol. The quantitative estimate of drug-likeness (QED) is 0.659. The molecule has 0 atom stereocenters. The Morgan fingerprint density at radius 1 is 0.944 bits per heavy atom. The van der Waals surface area contributed by atoms with Crippen LogP contribution in [-0.2, 0) is 0 Å². The van der Waals surface area contributed by atoms with E-state index in [1.54, 1.807) is 18.2 Å². The number of methoxy groups -OCH3 is 1. The third-order valence-electron chi connectivity index (χ3n) is 3.07. The molecule has 3 rings (SSSR count). The van der Waals surface area contributed by atoms with Crippen LogP contribution in [0.25, 0.3) is 11.1 Å². The first-order chi connectivity index (χ1) is 8.65. The van der Waals surface area contributed by atoms with Gasteiger partial charge in [0.05, 0.1) is 18.2 Å². The molecule has 0 bridgehead atoms. The summed E-state index contributed by atoms with van der Waals surface area (Å²) in [4.78, 5) is 12.2. The van der Waals surface area contributed by atoms with Crippen molar-refractivity contribution in [1.29, 1.82) is 0 Å². The highest BCUT2D eigenvalue weighted by Gasteiger charge is 2.34. The van der Waals surface area contributed by atoms with Gasteiger partial charge in [-0.15, -0.1) is 0 Å². The van der Waals surface area contributed by atoms with Gasteiger partial charge in [-0.3, -0.25) is 4.79 Å². The Bertz CT molecular complexity index is 678. The first-order valence-electron chi connectivity index (χ1n) is 5.35. The zero-order valence-corrected chi connectivity index (χ0v) is 9.46. The number of rotatable bonds is 1. The van der Waals surface area contributed by atoms with E-state index in [-0.39, 0.29) is 16.7 Å². The molecule has 0 saturated heterocycles. The van der Waals surface area contributed by atoms with Crippen LogP contribution in [0.15, 0.2) is 30.3 Å². The van der Waals surface area contributed by atoms with Gasteiger partial charge in [-0.2, -0.15) is 0 Å². The number of hydrogen-bond acceptors (Lipinski definition) is 2. The van der Waals surface area contributed by atoms with Gasteiger partial charge in [-0.1, -0.05) is 12.1 Å². The molecule has 0 N–H and O–H groups in total. The van der Waals surface area contributed by atoms with E-state index in [2.05, 4.69) is 0 Å². The number of ether oxygens (including phenoxy) is 1. The third kappa shape index (κ3) is 1.23. The molecule has 0 radical (unpaired) electrons. The molecule has 90 valence electrons. The fourth-order valence-corrected chi connectivity index (χ4v) is 2.31. The fraction of sp³-hybridized carbons (Fsp3) is 0.0714. The third-order valence-corrected chi connectivity index (χ3v) is 3.07. The average Bonchev–Trinajstić information content (AvgIpc) is 2.69. The molecule has 0 unspecified atom stereocenters. The van der Waals surface area contributed by atoms with Gasteiger partial charge in [0, 0.05) is 11.1 Å². The van der Waals surface area contributed by atoms with Crippen LogP contribution in [0.2, 0.25) is 0 Å². The molecule has 4 heteroatoms. The van der Waals surface area contributed by atoms with Crippen LogP contribution in [-0.4, -0.2) is 12.9 Å². The molecule has 2 nitrogen and oxygen atoms in total. The largest absolute Gasteiger partial charge is 0.496 e. The number of halogens is 2.